The van der Waals surface area contributed by atoms with Gasteiger partial charge >= 0.3 is 12.1 Å². The Kier molecular flexibility index (Phi) is 3.69. The Morgan fingerprint density at radius 2 is 1.38 bits per heavy atom. The molecular weight excluding hydrogens is 331 g/mol. The lowest BCUT2D eigenvalue weighted by atomic mass is 9.97. The molecule has 0 saturated carbocycles. The molecule has 21 heavy (non-hydrogen) atoms. The summed E-state index contributed by atoms with van der Waals surface area (Å²) in [5.41, 5.74) is 9.59. The summed E-state index contributed by atoms with van der Waals surface area (Å²) in [6, 6.07) is 3.51. The van der Waals surface area contributed by atoms with Gasteiger partial charge in [0.15, 0.2) is 0 Å². The van der Waals surface area contributed by atoms with Gasteiger partial charge in [-0.2, -0.15) is 22.0 Å². The Morgan fingerprint density at radius 3 is 1.90 bits per heavy atom. The predicted molar refractivity (Wildman–Crippen MR) is 77.2 cm³/mol. The van der Waals surface area contributed by atoms with Crippen molar-refractivity contribution in [3.63, 3.8) is 0 Å². The van der Waals surface area contributed by atoms with Crippen LogP contribution in [0.1, 0.15) is 5.56 Å². The summed E-state index contributed by atoms with van der Waals surface area (Å²) in [6.45, 7) is 0. The van der Waals surface area contributed by atoms with Crippen LogP contribution < -0.4 is 11.5 Å². The average molecular weight is 340 g/mol. The van der Waals surface area contributed by atoms with Crippen LogP contribution in [0.5, 0.6) is 0 Å². The van der Waals surface area contributed by atoms with E-state index in [4.69, 9.17) is 11.5 Å². The van der Waals surface area contributed by atoms with E-state index in [1.165, 1.54) is 12.1 Å². The van der Waals surface area contributed by atoms with Crippen molar-refractivity contribution >= 4 is 47.4 Å². The molecule has 114 valence electrons. The minimum Gasteiger partial charge on any atom is -0.398 e. The van der Waals surface area contributed by atoms with Crippen molar-refractivity contribution in [3.05, 3.63) is 23.8 Å². The van der Waals surface area contributed by atoms with Gasteiger partial charge in [-0.3, -0.25) is 0 Å². The minimum absolute atomic E-state index is 0.0551. The summed E-state index contributed by atoms with van der Waals surface area (Å²) in [4.78, 5) is -0.540. The molecule has 0 saturated heterocycles. The maximum atomic E-state index is 13.8. The number of thiol groups is 2. The fourth-order valence-electron chi connectivity index (χ4n) is 1.93. The first-order valence-electron chi connectivity index (χ1n) is 5.45. The van der Waals surface area contributed by atoms with E-state index in [0.717, 1.165) is 6.07 Å². The van der Waals surface area contributed by atoms with E-state index in [2.05, 4.69) is 25.3 Å². The van der Waals surface area contributed by atoms with E-state index in [9.17, 15) is 22.0 Å². The molecule has 0 aliphatic rings. The zero-order valence-corrected chi connectivity index (χ0v) is 12.0. The largest absolute Gasteiger partial charge is 0.458 e. The van der Waals surface area contributed by atoms with Crippen LogP contribution >= 0.6 is 25.3 Å². The number of alkyl halides is 5. The van der Waals surface area contributed by atoms with Crippen molar-refractivity contribution < 1.29 is 22.0 Å². The summed E-state index contributed by atoms with van der Waals surface area (Å²) < 4.78 is 65.6. The van der Waals surface area contributed by atoms with E-state index < -0.39 is 22.6 Å². The number of benzene rings is 2. The summed E-state index contributed by atoms with van der Waals surface area (Å²) in [6.07, 6.45) is -5.77. The number of fused-ring (bicyclic) bond motifs is 1. The second kappa shape index (κ2) is 4.84. The number of rotatable bonds is 1. The van der Waals surface area contributed by atoms with Crippen LogP contribution in [-0.2, 0) is 5.92 Å². The molecule has 0 aromatic heterocycles. The molecule has 0 bridgehead atoms. The lowest BCUT2D eigenvalue weighted by Crippen LogP contribution is -2.34. The minimum atomic E-state index is -5.77. The van der Waals surface area contributed by atoms with Crippen LogP contribution in [0.2, 0.25) is 0 Å². The highest BCUT2D eigenvalue weighted by Gasteiger charge is 2.60. The van der Waals surface area contributed by atoms with Crippen molar-refractivity contribution in [1.82, 2.24) is 0 Å². The molecule has 0 atom stereocenters. The predicted octanol–water partition coefficient (Wildman–Crippen LogP) is 4.24. The van der Waals surface area contributed by atoms with E-state index in [-0.39, 0.29) is 27.0 Å². The highest BCUT2D eigenvalue weighted by Crippen LogP contribution is 2.50. The quantitative estimate of drug-likeness (QED) is 0.357. The Morgan fingerprint density at radius 1 is 0.857 bits per heavy atom. The SMILES string of the molecule is Nc1cc2cc(N)c(S)c(C(F)(F)C(F)(F)F)c2cc1S. The molecule has 2 rings (SSSR count). The number of halogens is 5. The molecule has 0 aliphatic carbocycles. The van der Waals surface area contributed by atoms with Crippen LogP contribution in [0.3, 0.4) is 0 Å². The average Bonchev–Trinajstić information content (AvgIpc) is 2.32. The smallest absolute Gasteiger partial charge is 0.398 e. The molecule has 2 nitrogen and oxygen atoms in total. The van der Waals surface area contributed by atoms with E-state index >= 15 is 0 Å². The van der Waals surface area contributed by atoms with Crippen molar-refractivity contribution in [2.24, 2.45) is 0 Å². The third kappa shape index (κ3) is 2.48. The number of nitrogens with two attached hydrogens (primary N) is 2. The van der Waals surface area contributed by atoms with E-state index in [1.807, 2.05) is 0 Å². The van der Waals surface area contributed by atoms with Crippen LogP contribution in [0.4, 0.5) is 33.3 Å². The molecule has 0 unspecified atom stereocenters. The van der Waals surface area contributed by atoms with Crippen molar-refractivity contribution in [2.75, 3.05) is 11.5 Å². The van der Waals surface area contributed by atoms with Gasteiger partial charge in [-0.15, -0.1) is 25.3 Å². The Bertz CT molecular complexity index is 723. The van der Waals surface area contributed by atoms with Crippen molar-refractivity contribution in [3.8, 4) is 0 Å². The number of hydrogen-bond acceptors (Lipinski definition) is 4. The summed E-state index contributed by atoms with van der Waals surface area (Å²) >= 11 is 7.65. The monoisotopic (exact) mass is 340 g/mol. The Balaban J connectivity index is 2.96. The third-order valence-electron chi connectivity index (χ3n) is 2.96. The molecule has 0 spiro atoms. The van der Waals surface area contributed by atoms with Gasteiger partial charge in [0, 0.05) is 21.2 Å². The van der Waals surface area contributed by atoms with Crippen LogP contribution in [0, 0.1) is 0 Å². The standard InChI is InChI=1S/C12H9F5N2S2/c13-11(14,12(15,16)17)9-5-3-8(20)6(18)1-4(5)2-7(19)10(9)21/h1-3,20-21H,18-19H2. The van der Waals surface area contributed by atoms with Gasteiger partial charge in [0.25, 0.3) is 0 Å². The third-order valence-corrected chi connectivity index (χ3v) is 3.83. The summed E-state index contributed by atoms with van der Waals surface area (Å²) in [5.74, 6) is -5.10. The maximum absolute atomic E-state index is 13.8. The molecule has 0 fully saturated rings. The van der Waals surface area contributed by atoms with Gasteiger partial charge in [0.05, 0.1) is 5.56 Å². The van der Waals surface area contributed by atoms with Gasteiger partial charge in [0.1, 0.15) is 0 Å². The van der Waals surface area contributed by atoms with Gasteiger partial charge < -0.3 is 11.5 Å². The number of nitrogen functional groups attached to an aromatic ring is 2. The first-order chi connectivity index (χ1) is 9.46. The highest BCUT2D eigenvalue weighted by atomic mass is 32.1. The van der Waals surface area contributed by atoms with Crippen LogP contribution in [-0.4, -0.2) is 6.18 Å². The molecule has 0 heterocycles. The zero-order chi connectivity index (χ0) is 16.2. The summed E-state index contributed by atoms with van der Waals surface area (Å²) in [7, 11) is 0. The first kappa shape index (κ1) is 16.0. The molecule has 2 aromatic carbocycles. The second-order valence-corrected chi connectivity index (χ2v) is 5.32. The first-order valence-corrected chi connectivity index (χ1v) is 6.35. The Hall–Kier alpha value is -1.35. The van der Waals surface area contributed by atoms with Crippen LogP contribution in [0.25, 0.3) is 10.8 Å². The van der Waals surface area contributed by atoms with Gasteiger partial charge in [-0.1, -0.05) is 0 Å². The number of anilines is 2. The normalized spacial score (nSPS) is 12.9. The van der Waals surface area contributed by atoms with Crippen LogP contribution in [0.15, 0.2) is 28.0 Å². The summed E-state index contributed by atoms with van der Waals surface area (Å²) in [5, 5.41) is -0.296. The molecule has 0 radical (unpaired) electrons. The lowest BCUT2D eigenvalue weighted by Gasteiger charge is -2.24. The molecule has 9 heteroatoms. The lowest BCUT2D eigenvalue weighted by molar-refractivity contribution is -0.289. The number of hydrogen-bond donors (Lipinski definition) is 4. The second-order valence-electron chi connectivity index (χ2n) is 4.39. The van der Waals surface area contributed by atoms with Gasteiger partial charge in [-0.05, 0) is 29.0 Å². The molecule has 0 amide bonds. The van der Waals surface area contributed by atoms with Crippen molar-refractivity contribution in [1.29, 1.82) is 0 Å². The van der Waals surface area contributed by atoms with Gasteiger partial charge in [-0.25, -0.2) is 0 Å². The highest BCUT2D eigenvalue weighted by molar-refractivity contribution is 7.80. The topological polar surface area (TPSA) is 52.0 Å². The molecular formula is C12H9F5N2S2. The van der Waals surface area contributed by atoms with Crippen molar-refractivity contribution in [2.45, 2.75) is 21.9 Å². The van der Waals surface area contributed by atoms with E-state index in [1.54, 1.807) is 0 Å². The molecule has 4 N–H and O–H groups in total. The maximum Gasteiger partial charge on any atom is 0.458 e. The van der Waals surface area contributed by atoms with Gasteiger partial charge in [0.2, 0.25) is 0 Å². The fraction of sp³-hybridized carbons (Fsp3) is 0.167. The Labute approximate surface area is 127 Å². The zero-order valence-electron chi connectivity index (χ0n) is 10.2. The van der Waals surface area contributed by atoms with E-state index in [0.29, 0.717) is 0 Å². The fourth-order valence-corrected chi connectivity index (χ4v) is 2.44. The molecule has 0 aliphatic heterocycles. The molecule has 2 aromatic rings.